The van der Waals surface area contributed by atoms with Gasteiger partial charge in [-0.3, -0.25) is 4.79 Å². The Hall–Kier alpha value is -1.77. The number of ether oxygens (including phenoxy) is 1. The lowest BCUT2D eigenvalue weighted by Crippen LogP contribution is -2.39. The van der Waals surface area contributed by atoms with Crippen molar-refractivity contribution in [3.8, 4) is 5.75 Å². The molecule has 7 heteroatoms. The molecule has 1 rings (SSSR count). The van der Waals surface area contributed by atoms with Crippen molar-refractivity contribution < 1.29 is 9.53 Å². The van der Waals surface area contributed by atoms with Crippen LogP contribution in [0.25, 0.3) is 0 Å². The molecule has 0 aliphatic heterocycles. The van der Waals surface area contributed by atoms with E-state index in [1.807, 2.05) is 43.1 Å². The Morgan fingerprint density at radius 3 is 2.44 bits per heavy atom. The summed E-state index contributed by atoms with van der Waals surface area (Å²) in [4.78, 5) is 19.6. The van der Waals surface area contributed by atoms with Crippen molar-refractivity contribution in [3.63, 3.8) is 0 Å². The molecular formula is C18H29IN4O2. The van der Waals surface area contributed by atoms with Gasteiger partial charge < -0.3 is 19.9 Å². The Labute approximate surface area is 168 Å². The molecule has 0 aliphatic rings. The number of hydrogen-bond donors (Lipinski definition) is 1. The quantitative estimate of drug-likeness (QED) is 0.280. The first-order chi connectivity index (χ1) is 11.5. The Balaban J connectivity index is 0.00000576. The maximum atomic E-state index is 11.7. The molecule has 6 nitrogen and oxygen atoms in total. The molecule has 25 heavy (non-hydrogen) atoms. The van der Waals surface area contributed by atoms with E-state index in [9.17, 15) is 4.79 Å². The lowest BCUT2D eigenvalue weighted by atomic mass is 10.2. The molecule has 1 amide bonds. The first-order valence-electron chi connectivity index (χ1n) is 8.00. The highest BCUT2D eigenvalue weighted by Crippen LogP contribution is 2.13. The SMILES string of the molecule is C=CCNC(=NCC(=O)N(C)C)N(C)Cc1ccc(OCC)cc1.I. The summed E-state index contributed by atoms with van der Waals surface area (Å²) in [6.07, 6.45) is 1.76. The van der Waals surface area contributed by atoms with Gasteiger partial charge in [0.25, 0.3) is 0 Å². The molecule has 0 bridgehead atoms. The van der Waals surface area contributed by atoms with Crippen molar-refractivity contribution in [1.82, 2.24) is 15.1 Å². The molecule has 1 aromatic rings. The van der Waals surface area contributed by atoms with Crippen molar-refractivity contribution in [3.05, 3.63) is 42.5 Å². The average Bonchev–Trinajstić information content (AvgIpc) is 2.56. The fraction of sp³-hybridized carbons (Fsp3) is 0.444. The zero-order chi connectivity index (χ0) is 17.9. The minimum atomic E-state index is -0.0395. The van der Waals surface area contributed by atoms with Gasteiger partial charge in [0, 0.05) is 34.2 Å². The Bertz CT molecular complexity index is 559. The van der Waals surface area contributed by atoms with E-state index in [1.165, 1.54) is 4.90 Å². The standard InChI is InChI=1S/C18H28N4O2.HI/c1-6-12-19-18(20-13-17(23)21(3)4)22(5)14-15-8-10-16(11-9-15)24-7-2;/h6,8-11H,1,7,12-14H2,2-5H3,(H,19,20);1H. The fourth-order valence-corrected chi connectivity index (χ4v) is 1.97. The number of aliphatic imine (C=N–C) groups is 1. The van der Waals surface area contributed by atoms with Crippen LogP contribution in [0, 0.1) is 0 Å². The number of nitrogens with zero attached hydrogens (tertiary/aromatic N) is 3. The summed E-state index contributed by atoms with van der Waals surface area (Å²) < 4.78 is 5.45. The monoisotopic (exact) mass is 460 g/mol. The summed E-state index contributed by atoms with van der Waals surface area (Å²) in [6, 6.07) is 7.96. The van der Waals surface area contributed by atoms with Crippen LogP contribution in [-0.2, 0) is 11.3 Å². The Morgan fingerprint density at radius 2 is 1.92 bits per heavy atom. The maximum absolute atomic E-state index is 11.7. The lowest BCUT2D eigenvalue weighted by molar-refractivity contribution is -0.127. The number of benzene rings is 1. The second-order valence-electron chi connectivity index (χ2n) is 5.53. The van der Waals surface area contributed by atoms with Crippen molar-refractivity contribution in [1.29, 1.82) is 0 Å². The second-order valence-corrected chi connectivity index (χ2v) is 5.53. The van der Waals surface area contributed by atoms with Crippen LogP contribution in [0.2, 0.25) is 0 Å². The predicted octanol–water partition coefficient (Wildman–Crippen LogP) is 2.35. The van der Waals surface area contributed by atoms with Gasteiger partial charge in [-0.15, -0.1) is 30.6 Å². The van der Waals surface area contributed by atoms with Crippen LogP contribution in [0.4, 0.5) is 0 Å². The summed E-state index contributed by atoms with van der Waals surface area (Å²) in [6.45, 7) is 7.69. The van der Waals surface area contributed by atoms with Crippen LogP contribution in [0.1, 0.15) is 12.5 Å². The molecule has 0 fully saturated rings. The third kappa shape index (κ3) is 8.76. The largest absolute Gasteiger partial charge is 0.494 e. The number of carbonyl (C=O) groups excluding carboxylic acids is 1. The number of nitrogens with one attached hydrogen (secondary N) is 1. The number of amides is 1. The van der Waals surface area contributed by atoms with Gasteiger partial charge in [-0.25, -0.2) is 4.99 Å². The highest BCUT2D eigenvalue weighted by molar-refractivity contribution is 14.0. The first kappa shape index (κ1) is 23.2. The number of hydrogen-bond acceptors (Lipinski definition) is 3. The zero-order valence-electron chi connectivity index (χ0n) is 15.5. The Morgan fingerprint density at radius 1 is 1.28 bits per heavy atom. The molecule has 0 saturated heterocycles. The smallest absolute Gasteiger partial charge is 0.243 e. The molecule has 0 unspecified atom stereocenters. The van der Waals surface area contributed by atoms with E-state index in [0.29, 0.717) is 25.7 Å². The van der Waals surface area contributed by atoms with Gasteiger partial charge in [-0.1, -0.05) is 18.2 Å². The van der Waals surface area contributed by atoms with E-state index in [1.54, 1.807) is 20.2 Å². The molecule has 0 atom stereocenters. The lowest BCUT2D eigenvalue weighted by Gasteiger charge is -2.22. The van der Waals surface area contributed by atoms with Crippen LogP contribution >= 0.6 is 24.0 Å². The highest BCUT2D eigenvalue weighted by Gasteiger charge is 2.09. The average molecular weight is 460 g/mol. The fourth-order valence-electron chi connectivity index (χ4n) is 1.97. The van der Waals surface area contributed by atoms with Crippen molar-refractivity contribution in [2.24, 2.45) is 4.99 Å². The van der Waals surface area contributed by atoms with Gasteiger partial charge in [0.15, 0.2) is 5.96 Å². The van der Waals surface area contributed by atoms with Crippen molar-refractivity contribution in [2.45, 2.75) is 13.5 Å². The number of carbonyl (C=O) groups is 1. The summed E-state index contributed by atoms with van der Waals surface area (Å²) in [7, 11) is 5.38. The number of halogens is 1. The predicted molar refractivity (Wildman–Crippen MR) is 114 cm³/mol. The number of guanidine groups is 1. The molecule has 0 heterocycles. The molecule has 140 valence electrons. The summed E-state index contributed by atoms with van der Waals surface area (Å²) in [5.41, 5.74) is 1.13. The first-order valence-corrected chi connectivity index (χ1v) is 8.00. The van der Waals surface area contributed by atoms with E-state index in [2.05, 4.69) is 16.9 Å². The normalized spacial score (nSPS) is 10.5. The van der Waals surface area contributed by atoms with Crippen LogP contribution < -0.4 is 10.1 Å². The highest BCUT2D eigenvalue weighted by atomic mass is 127. The number of rotatable bonds is 8. The molecule has 1 aromatic carbocycles. The van der Waals surface area contributed by atoms with Gasteiger partial charge in [0.1, 0.15) is 12.3 Å². The molecular weight excluding hydrogens is 431 g/mol. The third-order valence-electron chi connectivity index (χ3n) is 3.28. The zero-order valence-corrected chi connectivity index (χ0v) is 17.8. The van der Waals surface area contributed by atoms with Crippen molar-refractivity contribution in [2.75, 3.05) is 40.8 Å². The van der Waals surface area contributed by atoms with Crippen LogP contribution in [0.15, 0.2) is 41.9 Å². The van der Waals surface area contributed by atoms with E-state index in [-0.39, 0.29) is 36.4 Å². The summed E-state index contributed by atoms with van der Waals surface area (Å²) in [5, 5.41) is 3.18. The molecule has 0 aliphatic carbocycles. The van der Waals surface area contributed by atoms with Gasteiger partial charge in [0.2, 0.25) is 5.91 Å². The minimum absolute atomic E-state index is 0. The summed E-state index contributed by atoms with van der Waals surface area (Å²) >= 11 is 0. The molecule has 0 spiro atoms. The Kier molecular flexibility index (Phi) is 11.7. The summed E-state index contributed by atoms with van der Waals surface area (Å²) in [5.74, 6) is 1.49. The van der Waals surface area contributed by atoms with Gasteiger partial charge in [0.05, 0.1) is 6.61 Å². The van der Waals surface area contributed by atoms with Crippen LogP contribution in [0.5, 0.6) is 5.75 Å². The van der Waals surface area contributed by atoms with Crippen molar-refractivity contribution >= 4 is 35.8 Å². The van der Waals surface area contributed by atoms with Gasteiger partial charge >= 0.3 is 0 Å². The molecule has 0 aromatic heterocycles. The maximum Gasteiger partial charge on any atom is 0.243 e. The van der Waals surface area contributed by atoms with E-state index >= 15 is 0 Å². The van der Waals surface area contributed by atoms with E-state index in [0.717, 1.165) is 11.3 Å². The van der Waals surface area contributed by atoms with Crippen LogP contribution in [0.3, 0.4) is 0 Å². The topological polar surface area (TPSA) is 57.2 Å². The molecule has 0 saturated carbocycles. The van der Waals surface area contributed by atoms with E-state index in [4.69, 9.17) is 4.74 Å². The second kappa shape index (κ2) is 12.6. The van der Waals surface area contributed by atoms with Gasteiger partial charge in [-0.05, 0) is 24.6 Å². The van der Waals surface area contributed by atoms with Crippen LogP contribution in [-0.4, -0.2) is 62.5 Å². The van der Waals surface area contributed by atoms with E-state index < -0.39 is 0 Å². The molecule has 1 N–H and O–H groups in total. The molecule has 0 radical (unpaired) electrons. The minimum Gasteiger partial charge on any atom is -0.494 e. The third-order valence-corrected chi connectivity index (χ3v) is 3.28. The number of likely N-dealkylation sites (N-methyl/N-ethyl adjacent to an activating group) is 1. The van der Waals surface area contributed by atoms with Gasteiger partial charge in [-0.2, -0.15) is 0 Å².